The molecule has 0 aliphatic heterocycles. The van der Waals surface area contributed by atoms with Gasteiger partial charge in [0.1, 0.15) is 24.7 Å². The average Bonchev–Trinajstić information content (AvgIpc) is 3.09. The Kier molecular flexibility index (Phi) is 16.3. The fourth-order valence-electron chi connectivity index (χ4n) is 3.60. The van der Waals surface area contributed by atoms with E-state index in [1.807, 2.05) is 25.5 Å². The van der Waals surface area contributed by atoms with Crippen LogP contribution in [0.4, 0.5) is 0 Å². The second-order valence-electron chi connectivity index (χ2n) is 13.2. The molecule has 2 N–H and O–H groups in total. The highest BCUT2D eigenvalue weighted by Gasteiger charge is 2.27. The highest BCUT2D eigenvalue weighted by Crippen LogP contribution is 2.29. The first kappa shape index (κ1) is 34.4. The van der Waals surface area contributed by atoms with Crippen molar-refractivity contribution in [1.29, 1.82) is 0 Å². The Morgan fingerprint density at radius 1 is 1.08 bits per heavy atom. The Balaban J connectivity index is 0.00000117. The number of ether oxygens (including phenoxy) is 1. The maximum atomic E-state index is 12.2. The molecule has 2 rings (SSSR count). The summed E-state index contributed by atoms with van der Waals surface area (Å²) in [6, 6.07) is -0.400. The van der Waals surface area contributed by atoms with Gasteiger partial charge in [0.25, 0.3) is 0 Å². The third kappa shape index (κ3) is 16.2. The Morgan fingerprint density at radius 2 is 1.67 bits per heavy atom. The molecule has 1 aromatic heterocycles. The number of unbranched alkanes of at least 4 members (excludes halogenated alkanes) is 1. The van der Waals surface area contributed by atoms with Crippen molar-refractivity contribution in [3.8, 4) is 0 Å². The van der Waals surface area contributed by atoms with Gasteiger partial charge in [0.15, 0.2) is 5.78 Å². The van der Waals surface area contributed by atoms with Crippen LogP contribution in [-0.4, -0.2) is 39.7 Å². The number of ketones is 1. The first-order chi connectivity index (χ1) is 16.6. The molecule has 210 valence electrons. The van der Waals surface area contributed by atoms with Crippen molar-refractivity contribution < 1.29 is 14.3 Å². The third-order valence-corrected chi connectivity index (χ3v) is 5.13. The van der Waals surface area contributed by atoms with E-state index in [9.17, 15) is 9.59 Å². The van der Waals surface area contributed by atoms with Gasteiger partial charge in [0, 0.05) is 12.0 Å². The number of Topliss-reactive ketones (excluding diaryl/α,β-unsaturated/α-hetero) is 1. The third-order valence-electron chi connectivity index (χ3n) is 5.13. The zero-order valence-electron chi connectivity index (χ0n) is 25.0. The zero-order valence-corrected chi connectivity index (χ0v) is 25.0. The number of carbonyl (C=O) groups excluding carboxylic acids is 2. The molecule has 2 unspecified atom stereocenters. The van der Waals surface area contributed by atoms with Crippen LogP contribution < -0.4 is 5.73 Å². The van der Waals surface area contributed by atoms with Crippen molar-refractivity contribution in [3.05, 3.63) is 11.4 Å². The number of aryl methyl sites for hydroxylation is 1. The molecule has 0 saturated heterocycles. The van der Waals surface area contributed by atoms with Crippen molar-refractivity contribution in [2.75, 3.05) is 6.61 Å². The summed E-state index contributed by atoms with van der Waals surface area (Å²) in [5, 5.41) is 8.69. The van der Waals surface area contributed by atoms with Gasteiger partial charge in [-0.1, -0.05) is 87.3 Å². The lowest BCUT2D eigenvalue weighted by Crippen LogP contribution is -2.38. The normalized spacial score (nSPS) is 16.9. The number of hydrogen-bond acceptors (Lipinski definition) is 6. The molecule has 36 heavy (non-hydrogen) atoms. The summed E-state index contributed by atoms with van der Waals surface area (Å²) < 4.78 is 7.65. The van der Waals surface area contributed by atoms with Crippen LogP contribution in [0, 0.1) is 16.7 Å². The van der Waals surface area contributed by atoms with Crippen LogP contribution in [-0.2, 0) is 27.3 Å². The molecule has 1 aromatic rings. The quantitative estimate of drug-likeness (QED) is 0.303. The van der Waals surface area contributed by atoms with Gasteiger partial charge in [-0.3, -0.25) is 4.79 Å². The monoisotopic (exact) mass is 508 g/mol. The smallest absolute Gasteiger partial charge is 0.154 e. The fourth-order valence-corrected chi connectivity index (χ4v) is 3.60. The molecule has 0 aromatic carbocycles. The van der Waals surface area contributed by atoms with E-state index in [0.717, 1.165) is 75.1 Å². The largest absolute Gasteiger partial charge is 0.364 e. The second kappa shape index (κ2) is 17.0. The predicted molar refractivity (Wildman–Crippen MR) is 149 cm³/mol. The molecular formula is C29H56N4O3. The van der Waals surface area contributed by atoms with E-state index < -0.39 is 11.5 Å². The molecule has 1 aliphatic rings. The summed E-state index contributed by atoms with van der Waals surface area (Å²) >= 11 is 0. The van der Waals surface area contributed by atoms with E-state index in [1.54, 1.807) is 0 Å². The predicted octanol–water partition coefficient (Wildman–Crippen LogP) is 6.48. The summed E-state index contributed by atoms with van der Waals surface area (Å²) in [6.07, 6.45) is 8.27. The number of rotatable bonds is 9. The number of nitrogens with two attached hydrogens (primary N) is 1. The summed E-state index contributed by atoms with van der Waals surface area (Å²) in [5.74, 6) is 0.948. The lowest BCUT2D eigenvalue weighted by atomic mass is 9.85. The number of nitrogens with zero attached hydrogens (tertiary/aromatic N) is 3. The molecule has 7 heteroatoms. The minimum absolute atomic E-state index is 0.0939. The van der Waals surface area contributed by atoms with Gasteiger partial charge in [-0.2, -0.15) is 0 Å². The van der Waals surface area contributed by atoms with E-state index in [0.29, 0.717) is 11.8 Å². The molecular weight excluding hydrogens is 452 g/mol. The van der Waals surface area contributed by atoms with E-state index >= 15 is 0 Å². The number of aldehydes is 1. The maximum absolute atomic E-state index is 12.2. The average molecular weight is 509 g/mol. The van der Waals surface area contributed by atoms with Gasteiger partial charge in [0.2, 0.25) is 0 Å². The molecule has 0 radical (unpaired) electrons. The summed E-state index contributed by atoms with van der Waals surface area (Å²) in [4.78, 5) is 22.8. The lowest BCUT2D eigenvalue weighted by molar-refractivity contribution is -0.127. The Labute approximate surface area is 221 Å². The SMILES string of the molecule is CC(C)(C)C.CC(C)(C)C(=O)C(N)CCCCn1nnc2c1CCCCCC2OCC=O.CC(C)C. The van der Waals surface area contributed by atoms with Gasteiger partial charge in [-0.15, -0.1) is 5.10 Å². The van der Waals surface area contributed by atoms with E-state index in [1.165, 1.54) is 0 Å². The van der Waals surface area contributed by atoms with E-state index in [2.05, 4.69) is 58.8 Å². The standard InChI is InChI=1S/C20H34N4O3.C5H12.C4H10/c1-20(2,3)19(26)15(21)9-7-8-12-24-16-10-5-4-6-11-17(27-14-13-25)18(16)22-23-24;1-5(2,3)4;1-4(2)3/h13,15,17H,4-12,14,21H2,1-3H3;1-4H3;4H,1-3H3. The first-order valence-corrected chi connectivity index (χ1v) is 13.8. The van der Waals surface area contributed by atoms with E-state index in [-0.39, 0.29) is 18.5 Å². The van der Waals surface area contributed by atoms with Crippen molar-refractivity contribution >= 4 is 12.1 Å². The molecule has 7 nitrogen and oxygen atoms in total. The van der Waals surface area contributed by atoms with Crippen LogP contribution in [0.3, 0.4) is 0 Å². The summed E-state index contributed by atoms with van der Waals surface area (Å²) in [7, 11) is 0. The summed E-state index contributed by atoms with van der Waals surface area (Å²) in [5.41, 5.74) is 8.17. The summed E-state index contributed by atoms with van der Waals surface area (Å²) in [6.45, 7) is 21.8. The van der Waals surface area contributed by atoms with Crippen LogP contribution in [0.5, 0.6) is 0 Å². The van der Waals surface area contributed by atoms with Crippen LogP contribution in [0.2, 0.25) is 0 Å². The Bertz CT molecular complexity index is 736. The molecule has 0 fully saturated rings. The fraction of sp³-hybridized carbons (Fsp3) is 0.862. The van der Waals surface area contributed by atoms with Crippen molar-refractivity contribution in [2.24, 2.45) is 22.5 Å². The molecule has 0 bridgehead atoms. The van der Waals surface area contributed by atoms with Crippen LogP contribution in [0.15, 0.2) is 0 Å². The maximum Gasteiger partial charge on any atom is 0.154 e. The van der Waals surface area contributed by atoms with Gasteiger partial charge in [-0.05, 0) is 49.9 Å². The van der Waals surface area contributed by atoms with E-state index in [4.69, 9.17) is 10.5 Å². The highest BCUT2D eigenvalue weighted by molar-refractivity contribution is 5.88. The molecule has 2 atom stereocenters. The number of carbonyl (C=O) groups is 2. The molecule has 0 spiro atoms. The number of fused-ring (bicyclic) bond motifs is 1. The molecule has 1 aliphatic carbocycles. The number of hydrogen-bond donors (Lipinski definition) is 1. The minimum Gasteiger partial charge on any atom is -0.364 e. The topological polar surface area (TPSA) is 100 Å². The van der Waals surface area contributed by atoms with Gasteiger partial charge in [-0.25, -0.2) is 4.68 Å². The first-order valence-electron chi connectivity index (χ1n) is 13.8. The molecule has 1 heterocycles. The lowest BCUT2D eigenvalue weighted by Gasteiger charge is -2.21. The van der Waals surface area contributed by atoms with Gasteiger partial charge < -0.3 is 15.3 Å². The number of aromatic nitrogens is 3. The second-order valence-corrected chi connectivity index (χ2v) is 13.2. The van der Waals surface area contributed by atoms with Crippen LogP contribution >= 0.6 is 0 Å². The Morgan fingerprint density at radius 3 is 2.19 bits per heavy atom. The van der Waals surface area contributed by atoms with Gasteiger partial charge in [0.05, 0.1) is 11.7 Å². The molecule has 0 saturated carbocycles. The van der Waals surface area contributed by atoms with Crippen LogP contribution in [0.25, 0.3) is 0 Å². The molecule has 0 amide bonds. The zero-order chi connectivity index (χ0) is 27.9. The van der Waals surface area contributed by atoms with Crippen LogP contribution in [0.1, 0.15) is 132 Å². The Hall–Kier alpha value is -1.60. The van der Waals surface area contributed by atoms with Gasteiger partial charge >= 0.3 is 0 Å². The van der Waals surface area contributed by atoms with Crippen molar-refractivity contribution in [2.45, 2.75) is 139 Å². The highest BCUT2D eigenvalue weighted by atomic mass is 16.5. The minimum atomic E-state index is -0.400. The van der Waals surface area contributed by atoms with Crippen molar-refractivity contribution in [1.82, 2.24) is 15.0 Å². The van der Waals surface area contributed by atoms with Crippen molar-refractivity contribution in [3.63, 3.8) is 0 Å².